The number of hydrogen-bond donors (Lipinski definition) is 1. The molecule has 122 valence electrons. The molecule has 0 radical (unpaired) electrons. The molecule has 8 heteroatoms. The van der Waals surface area contributed by atoms with Crippen molar-refractivity contribution in [2.24, 2.45) is 0 Å². The highest BCUT2D eigenvalue weighted by molar-refractivity contribution is 7.89. The van der Waals surface area contributed by atoms with Crippen LogP contribution in [0.3, 0.4) is 0 Å². The van der Waals surface area contributed by atoms with Gasteiger partial charge in [0.25, 0.3) is 0 Å². The van der Waals surface area contributed by atoms with Crippen molar-refractivity contribution in [1.82, 2.24) is 9.29 Å². The van der Waals surface area contributed by atoms with Crippen molar-refractivity contribution >= 4 is 33.0 Å². The largest absolute Gasteiger partial charge is 0.326 e. The van der Waals surface area contributed by atoms with Gasteiger partial charge in [-0.2, -0.15) is 4.31 Å². The van der Waals surface area contributed by atoms with E-state index in [2.05, 4.69) is 10.3 Å². The Bertz CT molecular complexity index is 816. The van der Waals surface area contributed by atoms with E-state index < -0.39 is 10.0 Å². The van der Waals surface area contributed by atoms with Gasteiger partial charge in [0.1, 0.15) is 0 Å². The molecule has 0 unspecified atom stereocenters. The zero-order valence-corrected chi connectivity index (χ0v) is 14.3. The van der Waals surface area contributed by atoms with Crippen LogP contribution in [0.2, 0.25) is 0 Å². The summed E-state index contributed by atoms with van der Waals surface area (Å²) in [6, 6.07) is 4.87. The molecule has 1 aromatic heterocycles. The van der Waals surface area contributed by atoms with E-state index in [4.69, 9.17) is 0 Å². The maximum Gasteiger partial charge on any atom is 0.243 e. The number of hydrogen-bond acceptors (Lipinski definition) is 5. The number of thiazole rings is 1. The molecule has 1 N–H and O–H groups in total. The second-order valence-corrected chi connectivity index (χ2v) is 8.23. The molecule has 0 atom stereocenters. The first-order valence-electron chi connectivity index (χ1n) is 7.23. The van der Waals surface area contributed by atoms with Crippen LogP contribution in [-0.4, -0.2) is 30.7 Å². The number of nitrogens with one attached hydrogen (secondary N) is 1. The average Bonchev–Trinajstić information content (AvgIpc) is 2.94. The van der Waals surface area contributed by atoms with E-state index in [-0.39, 0.29) is 17.3 Å². The normalized spacial score (nSPS) is 15.1. The molecular formula is C15H17N3O3S2. The molecule has 0 spiro atoms. The minimum atomic E-state index is -3.59. The van der Waals surface area contributed by atoms with Crippen LogP contribution in [-0.2, 0) is 27.8 Å². The lowest BCUT2D eigenvalue weighted by molar-refractivity contribution is -0.116. The fraction of sp³-hybridized carbons (Fsp3) is 0.333. The first-order chi connectivity index (χ1) is 11.0. The predicted molar refractivity (Wildman–Crippen MR) is 88.8 cm³/mol. The number of amides is 1. The van der Waals surface area contributed by atoms with Gasteiger partial charge in [-0.1, -0.05) is 0 Å². The molecule has 0 saturated heterocycles. The number of nitrogens with zero attached hydrogens (tertiary/aromatic N) is 2. The number of aryl methyl sites for hydroxylation is 1. The van der Waals surface area contributed by atoms with Crippen LogP contribution in [0.25, 0.3) is 0 Å². The molecule has 0 saturated carbocycles. The number of aromatic nitrogens is 1. The van der Waals surface area contributed by atoms with Gasteiger partial charge < -0.3 is 5.32 Å². The van der Waals surface area contributed by atoms with E-state index in [1.807, 2.05) is 5.38 Å². The molecule has 1 aliphatic heterocycles. The first-order valence-corrected chi connectivity index (χ1v) is 9.61. The van der Waals surface area contributed by atoms with Crippen LogP contribution < -0.4 is 5.32 Å². The van der Waals surface area contributed by atoms with E-state index in [9.17, 15) is 13.2 Å². The average molecular weight is 351 g/mol. The molecule has 0 fully saturated rings. The van der Waals surface area contributed by atoms with Crippen LogP contribution in [0, 0.1) is 0 Å². The van der Waals surface area contributed by atoms with Gasteiger partial charge in [0, 0.05) is 24.5 Å². The fourth-order valence-electron chi connectivity index (χ4n) is 2.52. The third-order valence-electron chi connectivity index (χ3n) is 3.78. The highest BCUT2D eigenvalue weighted by Gasteiger charge is 2.23. The van der Waals surface area contributed by atoms with Crippen molar-refractivity contribution in [2.45, 2.75) is 30.7 Å². The minimum Gasteiger partial charge on any atom is -0.326 e. The maximum absolute atomic E-state index is 12.7. The summed E-state index contributed by atoms with van der Waals surface area (Å²) in [5.74, 6) is -0.0278. The van der Waals surface area contributed by atoms with Crippen LogP contribution >= 0.6 is 11.3 Å². The van der Waals surface area contributed by atoms with Gasteiger partial charge in [-0.3, -0.25) is 4.79 Å². The predicted octanol–water partition coefficient (Wildman–Crippen LogP) is 2.24. The van der Waals surface area contributed by atoms with Gasteiger partial charge in [0.2, 0.25) is 15.9 Å². The monoisotopic (exact) mass is 351 g/mol. The second-order valence-electron chi connectivity index (χ2n) is 5.46. The molecule has 2 heterocycles. The molecule has 1 aliphatic rings. The standard InChI is InChI=1S/C15H17N3O3S2/c1-18(8-12-9-22-10-16-12)23(20,21)13-5-6-14-11(7-13)3-2-4-15(19)17-14/h5-7,9-10H,2-4,8H2,1H3,(H,17,19). The highest BCUT2D eigenvalue weighted by atomic mass is 32.2. The van der Waals surface area contributed by atoms with Crippen molar-refractivity contribution in [1.29, 1.82) is 0 Å². The number of carbonyl (C=O) groups is 1. The van der Waals surface area contributed by atoms with Crippen LogP contribution in [0.15, 0.2) is 34.0 Å². The molecule has 1 amide bonds. The van der Waals surface area contributed by atoms with Gasteiger partial charge in [-0.25, -0.2) is 13.4 Å². The summed E-state index contributed by atoms with van der Waals surface area (Å²) >= 11 is 1.44. The van der Waals surface area contributed by atoms with E-state index in [1.54, 1.807) is 24.7 Å². The lowest BCUT2D eigenvalue weighted by atomic mass is 10.1. The van der Waals surface area contributed by atoms with E-state index >= 15 is 0 Å². The van der Waals surface area contributed by atoms with E-state index in [0.717, 1.165) is 17.7 Å². The van der Waals surface area contributed by atoms with E-state index in [0.29, 0.717) is 18.5 Å². The number of fused-ring (bicyclic) bond motifs is 1. The summed E-state index contributed by atoms with van der Waals surface area (Å²) in [6.45, 7) is 0.236. The first kappa shape index (κ1) is 16.1. The summed E-state index contributed by atoms with van der Waals surface area (Å²) in [5.41, 5.74) is 3.97. The maximum atomic E-state index is 12.7. The van der Waals surface area contributed by atoms with Crippen LogP contribution in [0.1, 0.15) is 24.1 Å². The summed E-state index contributed by atoms with van der Waals surface area (Å²) in [7, 11) is -2.04. The van der Waals surface area contributed by atoms with Crippen molar-refractivity contribution in [3.05, 3.63) is 40.3 Å². The van der Waals surface area contributed by atoms with Gasteiger partial charge >= 0.3 is 0 Å². The van der Waals surface area contributed by atoms with E-state index in [1.165, 1.54) is 21.7 Å². The summed E-state index contributed by atoms with van der Waals surface area (Å²) in [5, 5.41) is 4.64. The zero-order valence-electron chi connectivity index (χ0n) is 12.7. The number of rotatable bonds is 4. The number of anilines is 1. The Kier molecular flexibility index (Phi) is 4.47. The summed E-state index contributed by atoms with van der Waals surface area (Å²) < 4.78 is 26.7. The Balaban J connectivity index is 1.88. The molecule has 2 aromatic rings. The topological polar surface area (TPSA) is 79.4 Å². The third-order valence-corrected chi connectivity index (χ3v) is 6.21. The molecule has 0 aliphatic carbocycles. The lowest BCUT2D eigenvalue weighted by Gasteiger charge is -2.17. The molecule has 3 rings (SSSR count). The van der Waals surface area contributed by atoms with Gasteiger partial charge in [0.05, 0.1) is 22.6 Å². The smallest absolute Gasteiger partial charge is 0.243 e. The Labute approximate surface area is 139 Å². The Morgan fingerprint density at radius 1 is 1.35 bits per heavy atom. The highest BCUT2D eigenvalue weighted by Crippen LogP contribution is 2.26. The fourth-order valence-corrected chi connectivity index (χ4v) is 4.26. The van der Waals surface area contributed by atoms with Crippen molar-refractivity contribution in [2.75, 3.05) is 12.4 Å². The van der Waals surface area contributed by atoms with Crippen LogP contribution in [0.5, 0.6) is 0 Å². The van der Waals surface area contributed by atoms with Crippen LogP contribution in [0.4, 0.5) is 5.69 Å². The van der Waals surface area contributed by atoms with Gasteiger partial charge in [0.15, 0.2) is 0 Å². The molecule has 23 heavy (non-hydrogen) atoms. The molecule has 1 aromatic carbocycles. The molecular weight excluding hydrogens is 334 g/mol. The quantitative estimate of drug-likeness (QED) is 0.916. The number of sulfonamides is 1. The lowest BCUT2D eigenvalue weighted by Crippen LogP contribution is -2.26. The van der Waals surface area contributed by atoms with Crippen molar-refractivity contribution in [3.63, 3.8) is 0 Å². The minimum absolute atomic E-state index is 0.0278. The Morgan fingerprint density at radius 2 is 2.17 bits per heavy atom. The second kappa shape index (κ2) is 6.38. The van der Waals surface area contributed by atoms with Gasteiger partial charge in [-0.05, 0) is 36.6 Å². The summed E-state index contributed by atoms with van der Waals surface area (Å²) in [4.78, 5) is 15.9. The summed E-state index contributed by atoms with van der Waals surface area (Å²) in [6.07, 6.45) is 1.87. The number of benzene rings is 1. The number of carbonyl (C=O) groups excluding carboxylic acids is 1. The Hall–Kier alpha value is -1.77. The molecule has 0 bridgehead atoms. The van der Waals surface area contributed by atoms with Crippen molar-refractivity contribution in [3.8, 4) is 0 Å². The molecule has 6 nitrogen and oxygen atoms in total. The van der Waals surface area contributed by atoms with Crippen molar-refractivity contribution < 1.29 is 13.2 Å². The van der Waals surface area contributed by atoms with Gasteiger partial charge in [-0.15, -0.1) is 11.3 Å². The zero-order chi connectivity index (χ0) is 16.4. The Morgan fingerprint density at radius 3 is 2.91 bits per heavy atom. The SMILES string of the molecule is CN(Cc1cscn1)S(=O)(=O)c1ccc2c(c1)CCCC(=O)N2. The third kappa shape index (κ3) is 3.44.